The minimum atomic E-state index is -4.09. The van der Waals surface area contributed by atoms with Gasteiger partial charge in [-0.1, -0.05) is 79.1 Å². The summed E-state index contributed by atoms with van der Waals surface area (Å²) in [4.78, 5) is 25.1. The summed E-state index contributed by atoms with van der Waals surface area (Å²) in [6.07, 6.45) is 20.8. The minimum absolute atomic E-state index is 0.0132. The van der Waals surface area contributed by atoms with Gasteiger partial charge in [0, 0.05) is 19.4 Å². The summed E-state index contributed by atoms with van der Waals surface area (Å²) in [5, 5.41) is 14.5. The molecule has 0 aromatic heterocycles. The van der Waals surface area contributed by atoms with Gasteiger partial charge in [0.05, 0.1) is 11.9 Å². The van der Waals surface area contributed by atoms with Gasteiger partial charge in [0.1, 0.15) is 6.10 Å². The molecule has 4 aliphatic rings. The van der Waals surface area contributed by atoms with Crippen LogP contribution in [-0.2, 0) is 24.4 Å². The van der Waals surface area contributed by atoms with Crippen LogP contribution in [0.2, 0.25) is 0 Å². The Morgan fingerprint density at radius 2 is 1.57 bits per heavy atom. The van der Waals surface area contributed by atoms with Crippen LogP contribution in [0.1, 0.15) is 156 Å². The third kappa shape index (κ3) is 9.74. The molecule has 0 aliphatic heterocycles. The highest BCUT2D eigenvalue weighted by atomic mass is 32.2. The first-order valence-corrected chi connectivity index (χ1v) is 21.0. The predicted octanol–water partition coefficient (Wildman–Crippen LogP) is 7.87. The SMILES string of the molecule is CCCCCCCCCCCC(=O)OC1CCC2(C)C(CCC3C2CC(O)C2(C)C(C(C)CCC(=O)NCCS(=O)(=O)O)CCC32)C1. The maximum atomic E-state index is 12.7. The van der Waals surface area contributed by atoms with Crippen molar-refractivity contribution in [3.63, 3.8) is 0 Å². The van der Waals surface area contributed by atoms with Crippen molar-refractivity contribution in [1.82, 2.24) is 5.32 Å². The number of unbranched alkanes of at least 4 members (excludes halogenated alkanes) is 8. The van der Waals surface area contributed by atoms with Crippen molar-refractivity contribution in [3.8, 4) is 0 Å². The summed E-state index contributed by atoms with van der Waals surface area (Å²) in [7, 11) is -4.09. The fraction of sp³-hybridized carbons (Fsp3) is 0.947. The van der Waals surface area contributed by atoms with Crippen LogP contribution < -0.4 is 5.32 Å². The number of esters is 1. The van der Waals surface area contributed by atoms with Gasteiger partial charge in [-0.15, -0.1) is 0 Å². The Labute approximate surface area is 286 Å². The molecule has 10 atom stereocenters. The summed E-state index contributed by atoms with van der Waals surface area (Å²) in [6, 6.07) is 0. The average Bonchev–Trinajstić information content (AvgIpc) is 3.38. The molecule has 4 aliphatic carbocycles. The van der Waals surface area contributed by atoms with Gasteiger partial charge in [-0.3, -0.25) is 14.1 Å². The molecule has 0 aromatic carbocycles. The zero-order valence-corrected chi connectivity index (χ0v) is 30.8. The fourth-order valence-electron chi connectivity index (χ4n) is 11.0. The standard InChI is InChI=1S/C38H67NO7S/c1-5-6-7-8-9-10-11-12-13-14-36(42)46-29-21-22-37(3)28(25-29)16-17-30-32-19-18-31(38(32,4)34(40)26-33(30)37)27(2)15-20-35(41)39-23-24-47(43,44)45/h27-34,40H,5-26H2,1-4H3,(H,39,41)(H,43,44,45). The number of carbonyl (C=O) groups excluding carboxylic acids is 2. The third-order valence-electron chi connectivity index (χ3n) is 13.8. The Balaban J connectivity index is 1.23. The van der Waals surface area contributed by atoms with Gasteiger partial charge < -0.3 is 15.2 Å². The smallest absolute Gasteiger partial charge is 0.306 e. The largest absolute Gasteiger partial charge is 0.462 e. The highest BCUT2D eigenvalue weighted by Gasteiger charge is 2.63. The molecule has 4 rings (SSSR count). The van der Waals surface area contributed by atoms with E-state index in [1.165, 1.54) is 57.8 Å². The number of hydrogen-bond acceptors (Lipinski definition) is 6. The monoisotopic (exact) mass is 681 g/mol. The van der Waals surface area contributed by atoms with E-state index < -0.39 is 15.9 Å². The zero-order chi connectivity index (χ0) is 34.2. The van der Waals surface area contributed by atoms with Crippen LogP contribution in [0.5, 0.6) is 0 Å². The van der Waals surface area contributed by atoms with E-state index in [2.05, 4.69) is 33.0 Å². The second-order valence-electron chi connectivity index (χ2n) is 16.6. The van der Waals surface area contributed by atoms with Crippen LogP contribution in [0.3, 0.4) is 0 Å². The molecule has 272 valence electrons. The normalized spacial score (nSPS) is 35.7. The third-order valence-corrected chi connectivity index (χ3v) is 14.5. The molecule has 0 spiro atoms. The van der Waals surface area contributed by atoms with Crippen LogP contribution in [0.25, 0.3) is 0 Å². The summed E-state index contributed by atoms with van der Waals surface area (Å²) >= 11 is 0. The molecular formula is C38H67NO7S. The second kappa shape index (κ2) is 17.2. The molecule has 47 heavy (non-hydrogen) atoms. The Kier molecular flexibility index (Phi) is 14.1. The maximum absolute atomic E-state index is 12.7. The predicted molar refractivity (Wildman–Crippen MR) is 186 cm³/mol. The lowest BCUT2D eigenvalue weighted by Crippen LogP contribution is -2.59. The molecular weight excluding hydrogens is 614 g/mol. The van der Waals surface area contributed by atoms with Gasteiger partial charge >= 0.3 is 5.97 Å². The topological polar surface area (TPSA) is 130 Å². The van der Waals surface area contributed by atoms with E-state index in [9.17, 15) is 23.1 Å². The number of amides is 1. The van der Waals surface area contributed by atoms with E-state index in [4.69, 9.17) is 9.29 Å². The van der Waals surface area contributed by atoms with Gasteiger partial charge in [0.2, 0.25) is 5.91 Å². The van der Waals surface area contributed by atoms with Crippen molar-refractivity contribution in [1.29, 1.82) is 0 Å². The summed E-state index contributed by atoms with van der Waals surface area (Å²) in [6.45, 7) is 9.16. The molecule has 0 saturated heterocycles. The van der Waals surface area contributed by atoms with Crippen LogP contribution in [-0.4, -0.2) is 54.5 Å². The number of hydrogen-bond donors (Lipinski definition) is 3. The van der Waals surface area contributed by atoms with E-state index in [-0.39, 0.29) is 47.4 Å². The quantitative estimate of drug-likeness (QED) is 0.0763. The lowest BCUT2D eigenvalue weighted by Gasteiger charge is -2.62. The molecule has 4 fully saturated rings. The molecule has 1 amide bonds. The van der Waals surface area contributed by atoms with Crippen LogP contribution in [0, 0.1) is 46.3 Å². The van der Waals surface area contributed by atoms with E-state index in [0.29, 0.717) is 48.9 Å². The van der Waals surface area contributed by atoms with Crippen molar-refractivity contribution in [3.05, 3.63) is 0 Å². The van der Waals surface area contributed by atoms with Crippen LogP contribution >= 0.6 is 0 Å². The number of carbonyl (C=O) groups is 2. The van der Waals surface area contributed by atoms with Crippen molar-refractivity contribution >= 4 is 22.0 Å². The van der Waals surface area contributed by atoms with Gasteiger partial charge in [-0.25, -0.2) is 0 Å². The van der Waals surface area contributed by atoms with Crippen molar-refractivity contribution < 1.29 is 32.4 Å². The molecule has 3 N–H and O–H groups in total. The highest BCUT2D eigenvalue weighted by molar-refractivity contribution is 7.85. The number of fused-ring (bicyclic) bond motifs is 5. The molecule has 10 unspecified atom stereocenters. The van der Waals surface area contributed by atoms with E-state index >= 15 is 0 Å². The first kappa shape index (κ1) is 38.6. The number of ether oxygens (including phenoxy) is 1. The molecule has 0 radical (unpaired) electrons. The lowest BCUT2D eigenvalue weighted by atomic mass is 9.43. The van der Waals surface area contributed by atoms with Crippen molar-refractivity contribution in [2.75, 3.05) is 12.3 Å². The van der Waals surface area contributed by atoms with Crippen molar-refractivity contribution in [2.45, 2.75) is 168 Å². The number of rotatable bonds is 18. The van der Waals surface area contributed by atoms with Gasteiger partial charge in [-0.2, -0.15) is 8.42 Å². The number of nitrogens with one attached hydrogen (secondary N) is 1. The first-order valence-electron chi connectivity index (χ1n) is 19.4. The molecule has 8 nitrogen and oxygen atoms in total. The molecule has 9 heteroatoms. The summed E-state index contributed by atoms with van der Waals surface area (Å²) in [5.74, 6) is 2.06. The Hall–Kier alpha value is -1.19. The van der Waals surface area contributed by atoms with E-state index in [1.54, 1.807) is 0 Å². The molecule has 0 aromatic rings. The van der Waals surface area contributed by atoms with E-state index in [0.717, 1.165) is 51.4 Å². The summed E-state index contributed by atoms with van der Waals surface area (Å²) in [5.41, 5.74) is 0.0160. The second-order valence-corrected chi connectivity index (χ2v) is 18.1. The van der Waals surface area contributed by atoms with E-state index in [1.807, 2.05) is 0 Å². The van der Waals surface area contributed by atoms with Gasteiger partial charge in [0.25, 0.3) is 10.1 Å². The zero-order valence-electron chi connectivity index (χ0n) is 30.0. The highest BCUT2D eigenvalue weighted by Crippen LogP contribution is 2.68. The molecule has 0 bridgehead atoms. The molecule has 4 saturated carbocycles. The Morgan fingerprint density at radius 1 is 0.894 bits per heavy atom. The first-order chi connectivity index (χ1) is 22.3. The van der Waals surface area contributed by atoms with Gasteiger partial charge in [-0.05, 0) is 111 Å². The lowest BCUT2D eigenvalue weighted by molar-refractivity contribution is -0.181. The van der Waals surface area contributed by atoms with Crippen LogP contribution in [0.15, 0.2) is 0 Å². The van der Waals surface area contributed by atoms with Crippen molar-refractivity contribution in [2.24, 2.45) is 46.3 Å². The van der Waals surface area contributed by atoms with Gasteiger partial charge in [0.15, 0.2) is 0 Å². The fourth-order valence-corrected chi connectivity index (χ4v) is 11.4. The van der Waals surface area contributed by atoms with Crippen LogP contribution in [0.4, 0.5) is 0 Å². The minimum Gasteiger partial charge on any atom is -0.462 e. The Bertz CT molecular complexity index is 1130. The number of aliphatic hydroxyl groups is 1. The number of aliphatic hydroxyl groups excluding tert-OH is 1. The molecule has 0 heterocycles. The average molecular weight is 682 g/mol. The summed E-state index contributed by atoms with van der Waals surface area (Å²) < 4.78 is 36.9. The Morgan fingerprint density at radius 3 is 2.26 bits per heavy atom. The maximum Gasteiger partial charge on any atom is 0.306 e.